The molecule has 0 amide bonds. The minimum Gasteiger partial charge on any atom is -0.459 e. The van der Waals surface area contributed by atoms with Crippen molar-refractivity contribution in [3.05, 3.63) is 95.7 Å². The summed E-state index contributed by atoms with van der Waals surface area (Å²) in [5.41, 5.74) is -0.240. The second-order valence-corrected chi connectivity index (χ2v) is 9.61. The van der Waals surface area contributed by atoms with Gasteiger partial charge >= 0.3 is 12.1 Å². The van der Waals surface area contributed by atoms with Gasteiger partial charge in [-0.05, 0) is 74.6 Å². The van der Waals surface area contributed by atoms with E-state index >= 15 is 0 Å². The molecule has 1 fully saturated rings. The van der Waals surface area contributed by atoms with Gasteiger partial charge in [-0.25, -0.2) is 19.7 Å². The predicted molar refractivity (Wildman–Crippen MR) is 137 cm³/mol. The third kappa shape index (κ3) is 6.09. The van der Waals surface area contributed by atoms with Crippen LogP contribution in [0.15, 0.2) is 73.3 Å². The fraction of sp³-hybridized carbons (Fsp3) is 0.286. The number of aryl methyl sites for hydroxylation is 1. The minimum atomic E-state index is -4.49. The minimum absolute atomic E-state index is 0.0132. The number of aliphatic hydroxyl groups is 1. The molecule has 1 aromatic carbocycles. The Hall–Kier alpha value is -4.25. The summed E-state index contributed by atoms with van der Waals surface area (Å²) in [7, 11) is 0. The Bertz CT molecular complexity index is 1460. The second-order valence-electron chi connectivity index (χ2n) is 9.61. The number of benzene rings is 1. The zero-order valence-electron chi connectivity index (χ0n) is 21.0. The molecule has 0 spiro atoms. The molecule has 0 aliphatic heterocycles. The van der Waals surface area contributed by atoms with Crippen molar-refractivity contribution in [2.45, 2.75) is 50.5 Å². The molecule has 0 unspecified atom stereocenters. The van der Waals surface area contributed by atoms with Crippen LogP contribution in [-0.2, 0) is 16.5 Å². The van der Waals surface area contributed by atoms with Gasteiger partial charge in [0.15, 0.2) is 0 Å². The van der Waals surface area contributed by atoms with Crippen molar-refractivity contribution in [2.75, 3.05) is 5.32 Å². The van der Waals surface area contributed by atoms with Crippen molar-refractivity contribution in [1.82, 2.24) is 19.5 Å². The van der Waals surface area contributed by atoms with Crippen LogP contribution in [0, 0.1) is 6.92 Å². The van der Waals surface area contributed by atoms with Gasteiger partial charge in [0.1, 0.15) is 35.5 Å². The van der Waals surface area contributed by atoms with E-state index in [0.29, 0.717) is 48.6 Å². The van der Waals surface area contributed by atoms with Gasteiger partial charge in [-0.15, -0.1) is 0 Å². The fourth-order valence-electron chi connectivity index (χ4n) is 4.58. The zero-order valence-corrected chi connectivity index (χ0v) is 21.0. The molecule has 11 heteroatoms. The number of imidazole rings is 1. The molecule has 5 rings (SSSR count). The number of halogens is 3. The number of hydrogen-bond donors (Lipinski definition) is 2. The molecule has 0 atom stereocenters. The van der Waals surface area contributed by atoms with E-state index in [1.54, 1.807) is 47.2 Å². The van der Waals surface area contributed by atoms with E-state index in [2.05, 4.69) is 20.3 Å². The maximum Gasteiger partial charge on any atom is 0.416 e. The van der Waals surface area contributed by atoms with Crippen molar-refractivity contribution in [3.8, 4) is 5.82 Å². The topological polar surface area (TPSA) is 102 Å². The molecule has 1 aliphatic rings. The van der Waals surface area contributed by atoms with Crippen LogP contribution in [0.3, 0.4) is 0 Å². The third-order valence-electron chi connectivity index (χ3n) is 6.67. The van der Waals surface area contributed by atoms with Crippen molar-refractivity contribution >= 4 is 17.6 Å². The van der Waals surface area contributed by atoms with E-state index in [4.69, 9.17) is 4.74 Å². The largest absolute Gasteiger partial charge is 0.459 e. The number of carbonyl (C=O) groups excluding carboxylic acids is 1. The molecule has 0 radical (unpaired) electrons. The summed E-state index contributed by atoms with van der Waals surface area (Å²) in [5.74, 6) is 0.411. The summed E-state index contributed by atoms with van der Waals surface area (Å²) in [5, 5.41) is 14.1. The van der Waals surface area contributed by atoms with E-state index in [-0.39, 0.29) is 17.9 Å². The van der Waals surface area contributed by atoms with Gasteiger partial charge in [0, 0.05) is 12.4 Å². The Labute approximate surface area is 222 Å². The number of nitrogens with one attached hydrogen (secondary N) is 1. The molecule has 1 aliphatic carbocycles. The lowest BCUT2D eigenvalue weighted by molar-refractivity contribution is -0.137. The monoisotopic (exact) mass is 537 g/mol. The number of aromatic nitrogens is 4. The van der Waals surface area contributed by atoms with Crippen LogP contribution in [0.5, 0.6) is 0 Å². The molecular weight excluding hydrogens is 511 g/mol. The van der Waals surface area contributed by atoms with E-state index in [0.717, 1.165) is 23.9 Å². The summed E-state index contributed by atoms with van der Waals surface area (Å²) in [6, 6.07) is 14.1. The lowest BCUT2D eigenvalue weighted by atomic mass is 9.81. The molecule has 8 nitrogen and oxygen atoms in total. The highest BCUT2D eigenvalue weighted by atomic mass is 19.4. The normalized spacial score (nSPS) is 19.5. The molecule has 4 aromatic rings. The Balaban J connectivity index is 1.27. The van der Waals surface area contributed by atoms with Gasteiger partial charge in [0.05, 0.1) is 16.8 Å². The van der Waals surface area contributed by atoms with Crippen LogP contribution in [0.25, 0.3) is 5.82 Å². The molecule has 0 saturated heterocycles. The average Bonchev–Trinajstić information content (AvgIpc) is 3.42. The van der Waals surface area contributed by atoms with Gasteiger partial charge in [-0.2, -0.15) is 13.2 Å². The van der Waals surface area contributed by atoms with Crippen molar-refractivity contribution in [2.24, 2.45) is 0 Å². The van der Waals surface area contributed by atoms with Crippen LogP contribution >= 0.6 is 0 Å². The highest BCUT2D eigenvalue weighted by Crippen LogP contribution is 2.38. The first-order valence-corrected chi connectivity index (χ1v) is 12.4. The standard InChI is InChI=1S/C28H26F3N5O3/c1-18-13-24(34-23-15-20(9-12-32-23)28(29,30)31)35-25(14-18)36-16-22(33-17-36)27(38)10-7-21(8-11-27)39-26(37)19-5-3-2-4-6-19/h2-6,9,12-17,21,38H,7-8,10-11H2,1H3,(H,32,34,35). The Morgan fingerprint density at radius 1 is 1.08 bits per heavy atom. The molecule has 202 valence electrons. The number of ether oxygens (including phenoxy) is 1. The number of hydrogen-bond acceptors (Lipinski definition) is 7. The van der Waals surface area contributed by atoms with Crippen LogP contribution in [0.4, 0.5) is 24.8 Å². The van der Waals surface area contributed by atoms with Crippen LogP contribution in [0.2, 0.25) is 0 Å². The first-order valence-electron chi connectivity index (χ1n) is 12.4. The first-order chi connectivity index (χ1) is 18.6. The lowest BCUT2D eigenvalue weighted by Gasteiger charge is -2.34. The summed E-state index contributed by atoms with van der Waals surface area (Å²) in [6.07, 6.45) is 1.23. The SMILES string of the molecule is Cc1cc(Nc2cc(C(F)(F)F)ccn2)nc(-n2cnc(C3(O)CCC(OC(=O)c4ccccc4)CC3)c2)c1. The zero-order chi connectivity index (χ0) is 27.6. The number of nitrogens with zero attached hydrogens (tertiary/aromatic N) is 4. The van der Waals surface area contributed by atoms with Crippen LogP contribution in [-0.4, -0.2) is 36.7 Å². The van der Waals surface area contributed by atoms with Crippen molar-refractivity contribution in [1.29, 1.82) is 0 Å². The maximum absolute atomic E-state index is 13.1. The number of rotatable bonds is 6. The fourth-order valence-corrected chi connectivity index (χ4v) is 4.58. The summed E-state index contributed by atoms with van der Waals surface area (Å²) >= 11 is 0. The Kier molecular flexibility index (Phi) is 7.09. The summed E-state index contributed by atoms with van der Waals surface area (Å²) < 4.78 is 46.5. The van der Waals surface area contributed by atoms with Gasteiger partial charge in [0.2, 0.25) is 0 Å². The first kappa shape index (κ1) is 26.4. The van der Waals surface area contributed by atoms with Crippen LogP contribution < -0.4 is 5.32 Å². The third-order valence-corrected chi connectivity index (χ3v) is 6.67. The van der Waals surface area contributed by atoms with Crippen LogP contribution in [0.1, 0.15) is 52.9 Å². The maximum atomic E-state index is 13.1. The Morgan fingerprint density at radius 2 is 1.82 bits per heavy atom. The predicted octanol–water partition coefficient (Wildman–Crippen LogP) is 5.72. The summed E-state index contributed by atoms with van der Waals surface area (Å²) in [4.78, 5) is 25.2. The highest BCUT2D eigenvalue weighted by molar-refractivity contribution is 5.89. The number of esters is 1. The van der Waals surface area contributed by atoms with E-state index in [1.165, 1.54) is 6.33 Å². The van der Waals surface area contributed by atoms with Gasteiger partial charge in [-0.3, -0.25) is 4.57 Å². The highest BCUT2D eigenvalue weighted by Gasteiger charge is 2.38. The molecule has 39 heavy (non-hydrogen) atoms. The van der Waals surface area contributed by atoms with Crippen molar-refractivity contribution < 1.29 is 27.8 Å². The average molecular weight is 538 g/mol. The quantitative estimate of drug-likeness (QED) is 0.303. The number of pyridine rings is 2. The second kappa shape index (κ2) is 10.5. The lowest BCUT2D eigenvalue weighted by Crippen LogP contribution is -2.35. The smallest absolute Gasteiger partial charge is 0.416 e. The van der Waals surface area contributed by atoms with Crippen molar-refractivity contribution in [3.63, 3.8) is 0 Å². The molecular formula is C28H26F3N5O3. The van der Waals surface area contributed by atoms with E-state index < -0.39 is 17.3 Å². The van der Waals surface area contributed by atoms with Gasteiger partial charge < -0.3 is 15.2 Å². The molecule has 0 bridgehead atoms. The van der Waals surface area contributed by atoms with E-state index in [9.17, 15) is 23.1 Å². The Morgan fingerprint density at radius 3 is 2.54 bits per heavy atom. The molecule has 2 N–H and O–H groups in total. The molecule has 3 aromatic heterocycles. The molecule has 1 saturated carbocycles. The number of alkyl halides is 3. The number of carbonyl (C=O) groups is 1. The summed E-state index contributed by atoms with van der Waals surface area (Å²) in [6.45, 7) is 1.83. The van der Waals surface area contributed by atoms with E-state index in [1.807, 2.05) is 13.0 Å². The van der Waals surface area contributed by atoms with Gasteiger partial charge in [-0.1, -0.05) is 18.2 Å². The van der Waals surface area contributed by atoms with Gasteiger partial charge in [0.25, 0.3) is 0 Å². The molecule has 3 heterocycles. The number of anilines is 2.